The number of nitrogens with two attached hydrogens (primary N) is 2. The highest BCUT2D eigenvalue weighted by atomic mass is 16.3. The zero-order valence-electron chi connectivity index (χ0n) is 15.1. The standard InChI is InChI=1S/C20H29N3O/c1-5-11-20(4,6-2)18-13(3)15(19(22)23-18)12-16(21)14-9-7-8-10-17(14)24/h7-10,12,23-24H,5-6,11,21-22H2,1-4H3/b16-12-. The van der Waals surface area contributed by atoms with E-state index in [1.807, 2.05) is 12.1 Å². The zero-order valence-corrected chi connectivity index (χ0v) is 15.1. The van der Waals surface area contributed by atoms with E-state index in [0.29, 0.717) is 17.1 Å². The number of nitrogen functional groups attached to an aromatic ring is 1. The molecule has 1 aromatic heterocycles. The van der Waals surface area contributed by atoms with Gasteiger partial charge < -0.3 is 21.6 Å². The lowest BCUT2D eigenvalue weighted by Gasteiger charge is -2.28. The predicted octanol–water partition coefficient (Wildman–Crippen LogP) is 4.54. The van der Waals surface area contributed by atoms with Crippen molar-refractivity contribution in [3.05, 3.63) is 46.6 Å². The first-order chi connectivity index (χ1) is 11.3. The lowest BCUT2D eigenvalue weighted by Crippen LogP contribution is -2.22. The third-order valence-corrected chi connectivity index (χ3v) is 5.03. The fraction of sp³-hybridized carbons (Fsp3) is 0.400. The number of benzene rings is 1. The highest BCUT2D eigenvalue weighted by Gasteiger charge is 2.28. The van der Waals surface area contributed by atoms with Gasteiger partial charge in [0.2, 0.25) is 0 Å². The first kappa shape index (κ1) is 18.0. The van der Waals surface area contributed by atoms with Crippen LogP contribution in [0.3, 0.4) is 0 Å². The summed E-state index contributed by atoms with van der Waals surface area (Å²) in [6.07, 6.45) is 5.11. The van der Waals surface area contributed by atoms with Crippen LogP contribution in [0.4, 0.5) is 5.82 Å². The van der Waals surface area contributed by atoms with Crippen molar-refractivity contribution in [2.75, 3.05) is 5.73 Å². The van der Waals surface area contributed by atoms with Gasteiger partial charge in [0.05, 0.1) is 0 Å². The molecule has 0 amide bonds. The van der Waals surface area contributed by atoms with Crippen LogP contribution in [0.15, 0.2) is 24.3 Å². The second-order valence-electron chi connectivity index (χ2n) is 6.73. The Morgan fingerprint density at radius 2 is 1.96 bits per heavy atom. The molecule has 0 aliphatic heterocycles. The summed E-state index contributed by atoms with van der Waals surface area (Å²) < 4.78 is 0. The summed E-state index contributed by atoms with van der Waals surface area (Å²) in [6, 6.07) is 7.05. The number of rotatable bonds is 6. The van der Waals surface area contributed by atoms with Crippen molar-refractivity contribution in [2.24, 2.45) is 5.73 Å². The Labute approximate surface area is 144 Å². The van der Waals surface area contributed by atoms with Crippen molar-refractivity contribution in [1.82, 2.24) is 4.98 Å². The van der Waals surface area contributed by atoms with Crippen LogP contribution in [0, 0.1) is 6.92 Å². The maximum absolute atomic E-state index is 9.98. The Morgan fingerprint density at radius 3 is 2.54 bits per heavy atom. The highest BCUT2D eigenvalue weighted by Crippen LogP contribution is 2.38. The number of phenols is 1. The molecule has 24 heavy (non-hydrogen) atoms. The molecule has 2 rings (SSSR count). The first-order valence-electron chi connectivity index (χ1n) is 8.58. The molecular weight excluding hydrogens is 298 g/mol. The SMILES string of the molecule is CCCC(C)(CC)c1[nH]c(N)c(/C=C(\N)c2ccccc2O)c1C. The largest absolute Gasteiger partial charge is 0.507 e. The molecule has 6 N–H and O–H groups in total. The van der Waals surface area contributed by atoms with E-state index in [0.717, 1.165) is 30.4 Å². The number of aromatic nitrogens is 1. The van der Waals surface area contributed by atoms with Gasteiger partial charge in [-0.05, 0) is 43.5 Å². The summed E-state index contributed by atoms with van der Waals surface area (Å²) in [7, 11) is 0. The monoisotopic (exact) mass is 327 g/mol. The lowest BCUT2D eigenvalue weighted by atomic mass is 9.78. The van der Waals surface area contributed by atoms with Gasteiger partial charge in [-0.1, -0.05) is 39.3 Å². The number of aromatic hydroxyl groups is 1. The number of hydrogen-bond donors (Lipinski definition) is 4. The molecule has 4 nitrogen and oxygen atoms in total. The van der Waals surface area contributed by atoms with E-state index in [-0.39, 0.29) is 11.2 Å². The van der Waals surface area contributed by atoms with E-state index in [2.05, 4.69) is 32.7 Å². The van der Waals surface area contributed by atoms with Gasteiger partial charge in [0, 0.05) is 27.9 Å². The summed E-state index contributed by atoms with van der Waals surface area (Å²) in [6.45, 7) is 8.76. The van der Waals surface area contributed by atoms with Gasteiger partial charge in [-0.2, -0.15) is 0 Å². The number of anilines is 1. The summed E-state index contributed by atoms with van der Waals surface area (Å²) in [5.41, 5.74) is 16.8. The Hall–Kier alpha value is -2.36. The summed E-state index contributed by atoms with van der Waals surface area (Å²) in [5, 5.41) is 9.98. The van der Waals surface area contributed by atoms with Gasteiger partial charge in [0.15, 0.2) is 0 Å². The Morgan fingerprint density at radius 1 is 1.29 bits per heavy atom. The number of para-hydroxylation sites is 1. The molecule has 0 radical (unpaired) electrons. The number of hydrogen-bond acceptors (Lipinski definition) is 3. The van der Waals surface area contributed by atoms with E-state index in [1.165, 1.54) is 5.69 Å². The van der Waals surface area contributed by atoms with Crippen LogP contribution in [0.25, 0.3) is 11.8 Å². The van der Waals surface area contributed by atoms with E-state index in [4.69, 9.17) is 11.5 Å². The second-order valence-corrected chi connectivity index (χ2v) is 6.73. The van der Waals surface area contributed by atoms with Crippen molar-refractivity contribution in [3.8, 4) is 5.75 Å². The molecule has 0 saturated carbocycles. The average Bonchev–Trinajstić information content (AvgIpc) is 2.84. The van der Waals surface area contributed by atoms with Crippen LogP contribution in [-0.2, 0) is 5.41 Å². The van der Waals surface area contributed by atoms with Crippen molar-refractivity contribution >= 4 is 17.6 Å². The maximum atomic E-state index is 9.98. The number of nitrogens with one attached hydrogen (secondary N) is 1. The third-order valence-electron chi connectivity index (χ3n) is 5.03. The maximum Gasteiger partial charge on any atom is 0.124 e. The number of phenolic OH excluding ortho intramolecular Hbond substituents is 1. The van der Waals surface area contributed by atoms with Crippen molar-refractivity contribution in [1.29, 1.82) is 0 Å². The van der Waals surface area contributed by atoms with Gasteiger partial charge in [-0.15, -0.1) is 0 Å². The fourth-order valence-electron chi connectivity index (χ4n) is 3.40. The zero-order chi connectivity index (χ0) is 17.9. The molecule has 0 aliphatic carbocycles. The van der Waals surface area contributed by atoms with Crippen LogP contribution < -0.4 is 11.5 Å². The molecule has 0 aliphatic rings. The topological polar surface area (TPSA) is 88.1 Å². The normalized spacial score (nSPS) is 14.6. The third kappa shape index (κ3) is 3.28. The molecule has 4 heteroatoms. The molecule has 2 aromatic rings. The predicted molar refractivity (Wildman–Crippen MR) is 103 cm³/mol. The van der Waals surface area contributed by atoms with Crippen LogP contribution in [0.1, 0.15) is 62.4 Å². The van der Waals surface area contributed by atoms with E-state index in [9.17, 15) is 5.11 Å². The van der Waals surface area contributed by atoms with Crippen LogP contribution in [0.5, 0.6) is 5.75 Å². The minimum atomic E-state index is 0.0721. The smallest absolute Gasteiger partial charge is 0.124 e. The van der Waals surface area contributed by atoms with Crippen molar-refractivity contribution < 1.29 is 5.11 Å². The minimum absolute atomic E-state index is 0.0721. The van der Waals surface area contributed by atoms with Gasteiger partial charge in [-0.25, -0.2) is 0 Å². The minimum Gasteiger partial charge on any atom is -0.507 e. The van der Waals surface area contributed by atoms with Gasteiger partial charge in [0.1, 0.15) is 11.6 Å². The molecule has 1 unspecified atom stereocenters. The molecule has 130 valence electrons. The molecule has 0 bridgehead atoms. The van der Waals surface area contributed by atoms with Crippen LogP contribution in [0.2, 0.25) is 0 Å². The molecule has 1 aromatic carbocycles. The van der Waals surface area contributed by atoms with E-state index < -0.39 is 0 Å². The Bertz CT molecular complexity index is 745. The van der Waals surface area contributed by atoms with Gasteiger partial charge in [-0.3, -0.25) is 0 Å². The highest BCUT2D eigenvalue weighted by molar-refractivity contribution is 5.86. The van der Waals surface area contributed by atoms with Crippen LogP contribution >= 0.6 is 0 Å². The molecule has 1 atom stereocenters. The van der Waals surface area contributed by atoms with Gasteiger partial charge >= 0.3 is 0 Å². The lowest BCUT2D eigenvalue weighted by molar-refractivity contribution is 0.402. The quantitative estimate of drug-likeness (QED) is 0.628. The number of aromatic amines is 1. The van der Waals surface area contributed by atoms with Gasteiger partial charge in [0.25, 0.3) is 0 Å². The molecule has 0 spiro atoms. The van der Waals surface area contributed by atoms with E-state index >= 15 is 0 Å². The number of H-pyrrole nitrogens is 1. The fourth-order valence-corrected chi connectivity index (χ4v) is 3.40. The van der Waals surface area contributed by atoms with E-state index in [1.54, 1.807) is 18.2 Å². The molecule has 0 fully saturated rings. The molecular formula is C20H29N3O. The molecule has 0 saturated heterocycles. The first-order valence-corrected chi connectivity index (χ1v) is 8.58. The summed E-state index contributed by atoms with van der Waals surface area (Å²) in [5.74, 6) is 0.791. The molecule has 1 heterocycles. The summed E-state index contributed by atoms with van der Waals surface area (Å²) in [4.78, 5) is 3.38. The average molecular weight is 327 g/mol. The van der Waals surface area contributed by atoms with Crippen molar-refractivity contribution in [3.63, 3.8) is 0 Å². The Kier molecular flexibility index (Phi) is 5.27. The van der Waals surface area contributed by atoms with Crippen LogP contribution in [-0.4, -0.2) is 10.1 Å². The Balaban J connectivity index is 2.50. The van der Waals surface area contributed by atoms with Crippen molar-refractivity contribution in [2.45, 2.75) is 52.4 Å². The summed E-state index contributed by atoms with van der Waals surface area (Å²) >= 11 is 0. The second kappa shape index (κ2) is 7.04.